The Kier molecular flexibility index (Phi) is 6.54. The smallest absolute Gasteiger partial charge is 0.421 e. The second kappa shape index (κ2) is 9.41. The molecule has 2 rings (SSSR count). The van der Waals surface area contributed by atoms with Gasteiger partial charge in [0.1, 0.15) is 19.6 Å². The molecule has 0 saturated heterocycles. The van der Waals surface area contributed by atoms with Gasteiger partial charge in [0, 0.05) is 10.7 Å². The summed E-state index contributed by atoms with van der Waals surface area (Å²) in [4.78, 5) is 24.0. The zero-order chi connectivity index (χ0) is 27.9. The van der Waals surface area contributed by atoms with Crippen LogP contribution in [0.2, 0.25) is 0 Å². The first-order valence-electron chi connectivity index (χ1n) is 11.6. The van der Waals surface area contributed by atoms with E-state index in [2.05, 4.69) is 5.32 Å². The monoisotopic (exact) mass is 530 g/mol. The average molecular weight is 531 g/mol. The summed E-state index contributed by atoms with van der Waals surface area (Å²) < 4.78 is 86.1. The van der Waals surface area contributed by atoms with Crippen molar-refractivity contribution in [1.82, 2.24) is 10.0 Å². The van der Waals surface area contributed by atoms with E-state index >= 15 is 0 Å². The lowest BCUT2D eigenvalue weighted by Crippen LogP contribution is -2.36. The zero-order valence-electron chi connectivity index (χ0n) is 22.3. The molecule has 0 radical (unpaired) electrons. The molecule has 0 unspecified atom stereocenters. The molecule has 2 N–H and O–H groups in total. The SMILES string of the molecule is [3H]C([3H])([3H])[C@@H]1C[C@H](CCNC(=O)OC(C)(C)C)c2cc(S(=O)(=O)NC(=O)OC(C)(C)C)sc2S1(=O)=O. The van der Waals surface area contributed by atoms with Crippen LogP contribution in [0.25, 0.3) is 0 Å². The fourth-order valence-corrected chi connectivity index (χ4v) is 7.75. The molecule has 0 saturated carbocycles. The number of thiophene rings is 1. The lowest BCUT2D eigenvalue weighted by molar-refractivity contribution is 0.0523. The van der Waals surface area contributed by atoms with E-state index in [9.17, 15) is 26.4 Å². The number of sulfonamides is 1. The van der Waals surface area contributed by atoms with E-state index in [0.717, 1.165) is 6.07 Å². The molecule has 10 nitrogen and oxygen atoms in total. The van der Waals surface area contributed by atoms with Crippen LogP contribution in [0, 0.1) is 0 Å². The van der Waals surface area contributed by atoms with Gasteiger partial charge >= 0.3 is 12.2 Å². The second-order valence-electron chi connectivity index (χ2n) is 9.60. The Balaban J connectivity index is 2.39. The molecule has 1 aliphatic heterocycles. The van der Waals surface area contributed by atoms with E-state index < -0.39 is 65.5 Å². The largest absolute Gasteiger partial charge is 0.444 e. The molecule has 13 heteroatoms. The molecule has 0 fully saturated rings. The fraction of sp³-hybridized carbons (Fsp3) is 0.700. The highest BCUT2D eigenvalue weighted by atomic mass is 32.3. The lowest BCUT2D eigenvalue weighted by atomic mass is 9.93. The minimum absolute atomic E-state index is 0.0286. The van der Waals surface area contributed by atoms with Gasteiger partial charge in [-0.3, -0.25) is 0 Å². The highest BCUT2D eigenvalue weighted by molar-refractivity contribution is 7.95. The summed E-state index contributed by atoms with van der Waals surface area (Å²) in [5, 5.41) is 0.784. The quantitative estimate of drug-likeness (QED) is 0.588. The van der Waals surface area contributed by atoms with Gasteiger partial charge in [-0.25, -0.2) is 31.1 Å². The second-order valence-corrected chi connectivity index (χ2v) is 14.9. The van der Waals surface area contributed by atoms with Gasteiger partial charge in [-0.05, 0) is 78.8 Å². The Labute approximate surface area is 203 Å². The third kappa shape index (κ3) is 7.31. The highest BCUT2D eigenvalue weighted by Crippen LogP contribution is 2.44. The van der Waals surface area contributed by atoms with E-state index in [1.165, 1.54) is 0 Å². The summed E-state index contributed by atoms with van der Waals surface area (Å²) in [6, 6.07) is 1.12. The molecule has 0 spiro atoms. The minimum atomic E-state index is -4.51. The van der Waals surface area contributed by atoms with Crippen LogP contribution in [0.1, 0.15) is 76.8 Å². The van der Waals surface area contributed by atoms with E-state index in [4.69, 9.17) is 13.6 Å². The van der Waals surface area contributed by atoms with Crippen LogP contribution in [0.5, 0.6) is 0 Å². The fourth-order valence-electron chi connectivity index (χ4n) is 3.04. The maximum absolute atomic E-state index is 13.1. The van der Waals surface area contributed by atoms with Crippen molar-refractivity contribution in [3.05, 3.63) is 11.6 Å². The molecule has 0 aromatic carbocycles. The van der Waals surface area contributed by atoms with Crippen molar-refractivity contribution in [3.8, 4) is 0 Å². The first-order chi connectivity index (χ1) is 16.0. The maximum atomic E-state index is 13.1. The predicted octanol–water partition coefficient (Wildman–Crippen LogP) is 3.53. The first kappa shape index (κ1) is 22.9. The zero-order valence-corrected chi connectivity index (χ0v) is 21.8. The van der Waals surface area contributed by atoms with Gasteiger partial charge in [0.25, 0.3) is 10.0 Å². The molecule has 2 heterocycles. The van der Waals surface area contributed by atoms with Crippen molar-refractivity contribution in [2.75, 3.05) is 6.54 Å². The molecule has 0 aliphatic carbocycles. The Morgan fingerprint density at radius 2 is 1.73 bits per heavy atom. The summed E-state index contributed by atoms with van der Waals surface area (Å²) >= 11 is 0.372. The number of carbonyl (C=O) groups excluding carboxylic acids is 2. The number of rotatable bonds is 5. The van der Waals surface area contributed by atoms with Gasteiger partial charge in [0.15, 0.2) is 9.84 Å². The van der Waals surface area contributed by atoms with Crippen LogP contribution < -0.4 is 10.0 Å². The average Bonchev–Trinajstić information content (AvgIpc) is 3.06. The Hall–Kier alpha value is -1.86. The normalized spacial score (nSPS) is 22.2. The lowest BCUT2D eigenvalue weighted by Gasteiger charge is -2.27. The first-order valence-corrected chi connectivity index (χ1v) is 14.0. The van der Waals surface area contributed by atoms with E-state index in [-0.39, 0.29) is 29.2 Å². The number of hydrogen-bond donors (Lipinski definition) is 2. The van der Waals surface area contributed by atoms with Crippen LogP contribution in [-0.4, -0.2) is 52.0 Å². The summed E-state index contributed by atoms with van der Waals surface area (Å²) in [6.45, 7) is 6.85. The molecular weight excluding hydrogens is 492 g/mol. The van der Waals surface area contributed by atoms with Crippen LogP contribution in [0.15, 0.2) is 14.5 Å². The van der Waals surface area contributed by atoms with Crippen molar-refractivity contribution in [2.45, 2.75) is 92.0 Å². The van der Waals surface area contributed by atoms with Crippen LogP contribution in [0.3, 0.4) is 0 Å². The molecule has 1 aromatic rings. The molecule has 188 valence electrons. The number of ether oxygens (including phenoxy) is 2. The number of amides is 2. The van der Waals surface area contributed by atoms with Crippen molar-refractivity contribution in [3.63, 3.8) is 0 Å². The number of fused-ring (bicyclic) bond motifs is 1. The molecule has 33 heavy (non-hydrogen) atoms. The molecule has 2 amide bonds. The molecule has 0 bridgehead atoms. The van der Waals surface area contributed by atoms with Crippen molar-refractivity contribution < 1.29 is 40.0 Å². The highest BCUT2D eigenvalue weighted by Gasteiger charge is 2.40. The summed E-state index contributed by atoms with van der Waals surface area (Å²) in [6.07, 6.45) is -2.11. The Bertz CT molecular complexity index is 1210. The molecule has 1 aliphatic rings. The number of alkyl carbamates (subject to hydrolysis) is 1. The Morgan fingerprint density at radius 3 is 2.27 bits per heavy atom. The third-order valence-corrected chi connectivity index (χ3v) is 9.69. The van der Waals surface area contributed by atoms with Crippen molar-refractivity contribution in [1.29, 1.82) is 0 Å². The minimum Gasteiger partial charge on any atom is -0.444 e. The van der Waals surface area contributed by atoms with Crippen LogP contribution in [0.4, 0.5) is 9.59 Å². The number of sulfone groups is 1. The number of hydrogen-bond acceptors (Lipinski definition) is 9. The number of nitrogens with one attached hydrogen (secondary N) is 2. The molecular formula is C20H32N2O8S3. The predicted molar refractivity (Wildman–Crippen MR) is 124 cm³/mol. The topological polar surface area (TPSA) is 145 Å². The van der Waals surface area contributed by atoms with Crippen LogP contribution in [-0.2, 0) is 29.3 Å². The van der Waals surface area contributed by atoms with E-state index in [1.54, 1.807) is 46.3 Å². The van der Waals surface area contributed by atoms with Gasteiger partial charge in [0.05, 0.1) is 5.25 Å². The van der Waals surface area contributed by atoms with Gasteiger partial charge in [0.2, 0.25) is 0 Å². The summed E-state index contributed by atoms with van der Waals surface area (Å²) in [5.41, 5.74) is -1.59. The summed E-state index contributed by atoms with van der Waals surface area (Å²) in [5.74, 6) is -0.689. The summed E-state index contributed by atoms with van der Waals surface area (Å²) in [7, 11) is -8.91. The van der Waals surface area contributed by atoms with Gasteiger partial charge in [-0.15, -0.1) is 11.3 Å². The van der Waals surface area contributed by atoms with E-state index in [0.29, 0.717) is 11.3 Å². The molecule has 2 atom stereocenters. The van der Waals surface area contributed by atoms with Crippen LogP contribution >= 0.6 is 11.3 Å². The van der Waals surface area contributed by atoms with Crippen molar-refractivity contribution >= 4 is 43.4 Å². The van der Waals surface area contributed by atoms with Crippen molar-refractivity contribution in [2.24, 2.45) is 0 Å². The maximum Gasteiger partial charge on any atom is 0.421 e. The van der Waals surface area contributed by atoms with Gasteiger partial charge in [-0.2, -0.15) is 0 Å². The number of carbonyl (C=O) groups is 2. The van der Waals surface area contributed by atoms with E-state index in [1.807, 2.05) is 0 Å². The Morgan fingerprint density at radius 1 is 1.15 bits per heavy atom. The van der Waals surface area contributed by atoms with Gasteiger partial charge < -0.3 is 14.8 Å². The molecule has 1 aromatic heterocycles. The van der Waals surface area contributed by atoms with Gasteiger partial charge in [-0.1, -0.05) is 0 Å². The third-order valence-electron chi connectivity index (χ3n) is 4.32. The standard InChI is InChI=1S/C20H32N2O8S3/c1-12-10-13(8-9-21-17(23)29-19(2,3)4)14-11-15(31-16(14)32(12,25)26)33(27,28)22-18(24)30-20(5,6)7/h11-13H,8-10H2,1-7H3,(H,21,23)(H,22,24)/t12-,13+/m1/s1/i1T3.